The first kappa shape index (κ1) is 11.4. The zero-order valence-corrected chi connectivity index (χ0v) is 11.3. The smallest absolute Gasteiger partial charge is 0.102 e. The second kappa shape index (κ2) is 4.42. The van der Waals surface area contributed by atoms with E-state index in [0.29, 0.717) is 12.2 Å². The van der Waals surface area contributed by atoms with Gasteiger partial charge in [-0.25, -0.2) is 0 Å². The number of rotatable bonds is 3. The van der Waals surface area contributed by atoms with Crippen molar-refractivity contribution in [1.29, 1.82) is 0 Å². The molecule has 1 heterocycles. The molecule has 0 bridgehead atoms. The van der Waals surface area contributed by atoms with Crippen LogP contribution >= 0.6 is 0 Å². The molecule has 86 valence electrons. The van der Waals surface area contributed by atoms with E-state index in [4.69, 9.17) is 4.74 Å². The largest absolute Gasteiger partial charge is 0.365 e. The van der Waals surface area contributed by atoms with Crippen LogP contribution in [0.5, 0.6) is 0 Å². The van der Waals surface area contributed by atoms with E-state index in [2.05, 4.69) is 31.4 Å². The van der Waals surface area contributed by atoms with E-state index in [1.807, 2.05) is 0 Å². The quantitative estimate of drug-likeness (QED) is 0.525. The van der Waals surface area contributed by atoms with Gasteiger partial charge < -0.3 is 4.74 Å². The molecule has 0 aromatic heterocycles. The Kier molecular flexibility index (Phi) is 3.36. The highest BCUT2D eigenvalue weighted by Gasteiger charge is 2.43. The Hall–Kier alpha value is -0.0831. The molecular formula is C13H24OSi. The average molecular weight is 224 g/mol. The van der Waals surface area contributed by atoms with Gasteiger partial charge in [-0.2, -0.15) is 0 Å². The van der Waals surface area contributed by atoms with Crippen molar-refractivity contribution in [2.75, 3.05) is 0 Å². The van der Waals surface area contributed by atoms with Gasteiger partial charge in [-0.3, -0.25) is 0 Å². The molecule has 0 aromatic rings. The lowest BCUT2D eigenvalue weighted by atomic mass is 9.86. The van der Waals surface area contributed by atoms with Crippen LogP contribution in [-0.2, 0) is 4.74 Å². The first-order valence-corrected chi connectivity index (χ1v) is 9.99. The predicted octanol–water partition coefficient (Wildman–Crippen LogP) is 3.77. The summed E-state index contributed by atoms with van der Waals surface area (Å²) in [6, 6.07) is 0. The normalized spacial score (nSPS) is 33.5. The van der Waals surface area contributed by atoms with Gasteiger partial charge >= 0.3 is 0 Å². The molecule has 2 aliphatic rings. The Bertz CT molecular complexity index is 235. The molecule has 0 unspecified atom stereocenters. The lowest BCUT2D eigenvalue weighted by molar-refractivity contribution is 0.264. The van der Waals surface area contributed by atoms with Crippen molar-refractivity contribution in [2.45, 2.75) is 64.0 Å². The van der Waals surface area contributed by atoms with Crippen LogP contribution < -0.4 is 0 Å². The van der Waals surface area contributed by atoms with Crippen molar-refractivity contribution >= 4 is 8.07 Å². The summed E-state index contributed by atoms with van der Waals surface area (Å²) in [6.45, 7) is 7.13. The lowest BCUT2D eigenvalue weighted by Gasteiger charge is -2.19. The molecule has 2 atom stereocenters. The number of hydrogen-bond acceptors (Lipinski definition) is 1. The van der Waals surface area contributed by atoms with Crippen molar-refractivity contribution in [3.05, 3.63) is 11.8 Å². The van der Waals surface area contributed by atoms with Gasteiger partial charge in [-0.05, 0) is 18.8 Å². The molecule has 0 aromatic carbocycles. The number of epoxide rings is 1. The Morgan fingerprint density at radius 2 is 1.73 bits per heavy atom. The van der Waals surface area contributed by atoms with E-state index in [0.717, 1.165) is 5.92 Å². The first-order valence-electron chi connectivity index (χ1n) is 6.41. The van der Waals surface area contributed by atoms with Gasteiger partial charge in [-0.15, -0.1) is 0 Å². The lowest BCUT2D eigenvalue weighted by Crippen LogP contribution is -2.17. The predicted molar refractivity (Wildman–Crippen MR) is 67.7 cm³/mol. The summed E-state index contributed by atoms with van der Waals surface area (Å²) < 4.78 is 5.79. The van der Waals surface area contributed by atoms with Crippen LogP contribution in [0.15, 0.2) is 11.8 Å². The van der Waals surface area contributed by atoms with E-state index < -0.39 is 8.07 Å². The number of ether oxygens (including phenoxy) is 1. The van der Waals surface area contributed by atoms with E-state index in [-0.39, 0.29) is 0 Å². The van der Waals surface area contributed by atoms with Gasteiger partial charge in [-0.1, -0.05) is 50.7 Å². The van der Waals surface area contributed by atoms with Crippen LogP contribution in [0.2, 0.25) is 19.6 Å². The van der Waals surface area contributed by atoms with Crippen LogP contribution in [-0.4, -0.2) is 20.3 Å². The molecular weight excluding hydrogens is 200 g/mol. The van der Waals surface area contributed by atoms with E-state index in [1.165, 1.54) is 32.1 Å². The highest BCUT2D eigenvalue weighted by atomic mass is 28.3. The number of hydrogen-bond donors (Lipinski definition) is 0. The molecule has 1 aliphatic carbocycles. The Labute approximate surface area is 94.9 Å². The maximum absolute atomic E-state index is 5.79. The highest BCUT2D eigenvalue weighted by molar-refractivity contribution is 6.80. The maximum atomic E-state index is 5.79. The van der Waals surface area contributed by atoms with E-state index in [1.54, 1.807) is 0 Å². The second-order valence-electron chi connectivity index (χ2n) is 6.19. The third-order valence-corrected chi connectivity index (χ3v) is 4.65. The fraction of sp³-hybridized carbons (Fsp3) is 0.846. The average Bonchev–Trinajstić information content (AvgIpc) is 2.94. The third kappa shape index (κ3) is 3.46. The molecule has 2 heteroatoms. The molecule has 15 heavy (non-hydrogen) atoms. The van der Waals surface area contributed by atoms with Crippen LogP contribution in [0.3, 0.4) is 0 Å². The summed E-state index contributed by atoms with van der Waals surface area (Å²) in [7, 11) is -1.02. The first-order chi connectivity index (χ1) is 7.06. The molecule has 0 N–H and O–H groups in total. The molecule has 1 nitrogen and oxygen atoms in total. The minimum atomic E-state index is -1.02. The van der Waals surface area contributed by atoms with E-state index >= 15 is 0 Å². The minimum Gasteiger partial charge on any atom is -0.365 e. The topological polar surface area (TPSA) is 12.5 Å². The van der Waals surface area contributed by atoms with Gasteiger partial charge in [0.2, 0.25) is 0 Å². The third-order valence-electron chi connectivity index (χ3n) is 3.46. The van der Waals surface area contributed by atoms with E-state index in [9.17, 15) is 0 Å². The van der Waals surface area contributed by atoms with Gasteiger partial charge in [0.25, 0.3) is 0 Å². The van der Waals surface area contributed by atoms with Crippen LogP contribution in [0.4, 0.5) is 0 Å². The monoisotopic (exact) mass is 224 g/mol. The molecule has 1 aliphatic heterocycles. The molecule has 2 rings (SSSR count). The Morgan fingerprint density at radius 1 is 1.07 bits per heavy atom. The van der Waals surface area contributed by atoms with Gasteiger partial charge in [0, 0.05) is 0 Å². The zero-order valence-electron chi connectivity index (χ0n) is 10.3. The fourth-order valence-corrected chi connectivity index (χ4v) is 3.28. The second-order valence-corrected chi connectivity index (χ2v) is 11.3. The standard InChI is InChI=1S/C13H24OSi/c1-15(2,3)10-9-12-13(14-12)11-7-5-4-6-8-11/h9-13H,4-8H2,1-3H3/b10-9+/t12-,13+/m0/s1. The van der Waals surface area contributed by atoms with Crippen molar-refractivity contribution in [2.24, 2.45) is 5.92 Å². The molecule has 0 radical (unpaired) electrons. The van der Waals surface area contributed by atoms with Crippen LogP contribution in [0, 0.1) is 5.92 Å². The molecule has 1 saturated carbocycles. The summed E-state index contributed by atoms with van der Waals surface area (Å²) in [4.78, 5) is 0. The van der Waals surface area contributed by atoms with Crippen LogP contribution in [0.1, 0.15) is 32.1 Å². The summed E-state index contributed by atoms with van der Waals surface area (Å²) >= 11 is 0. The molecule has 1 saturated heterocycles. The summed E-state index contributed by atoms with van der Waals surface area (Å²) in [6.07, 6.45) is 10.5. The molecule has 2 fully saturated rings. The minimum absolute atomic E-state index is 0.472. The van der Waals surface area contributed by atoms with Gasteiger partial charge in [0.1, 0.15) is 6.10 Å². The Balaban J connectivity index is 1.78. The van der Waals surface area contributed by atoms with Gasteiger partial charge in [0.05, 0.1) is 14.2 Å². The molecule has 0 spiro atoms. The highest BCUT2D eigenvalue weighted by Crippen LogP contribution is 2.39. The molecule has 0 amide bonds. The van der Waals surface area contributed by atoms with Crippen molar-refractivity contribution in [3.63, 3.8) is 0 Å². The SMILES string of the molecule is C[Si](C)(C)/C=C/[C@@H]1O[C@@H]1C1CCCCC1. The summed E-state index contributed by atoms with van der Waals surface area (Å²) in [5.74, 6) is 0.870. The van der Waals surface area contributed by atoms with Crippen LogP contribution in [0.25, 0.3) is 0 Å². The summed E-state index contributed by atoms with van der Waals surface area (Å²) in [5, 5.41) is 0. The summed E-state index contributed by atoms with van der Waals surface area (Å²) in [5.41, 5.74) is 2.43. The fourth-order valence-electron chi connectivity index (χ4n) is 2.52. The maximum Gasteiger partial charge on any atom is 0.102 e. The van der Waals surface area contributed by atoms with Crippen molar-refractivity contribution in [1.82, 2.24) is 0 Å². The van der Waals surface area contributed by atoms with Crippen molar-refractivity contribution < 1.29 is 4.74 Å². The Morgan fingerprint density at radius 3 is 2.33 bits per heavy atom. The zero-order chi connectivity index (χ0) is 10.9. The van der Waals surface area contributed by atoms with Gasteiger partial charge in [0.15, 0.2) is 0 Å². The van der Waals surface area contributed by atoms with Crippen molar-refractivity contribution in [3.8, 4) is 0 Å².